The van der Waals surface area contributed by atoms with E-state index in [2.05, 4.69) is 5.10 Å². The zero-order valence-electron chi connectivity index (χ0n) is 8.98. The maximum absolute atomic E-state index is 12.8. The van der Waals surface area contributed by atoms with Gasteiger partial charge in [0.25, 0.3) is 5.91 Å². The molecule has 4 nitrogen and oxygen atoms in total. The van der Waals surface area contributed by atoms with E-state index in [0.717, 1.165) is 18.3 Å². The first-order valence-corrected chi connectivity index (χ1v) is 4.92. The molecule has 2 aromatic rings. The summed E-state index contributed by atoms with van der Waals surface area (Å²) >= 11 is 0. The number of benzene rings is 1. The molecule has 0 bridgehead atoms. The van der Waals surface area contributed by atoms with E-state index in [-0.39, 0.29) is 16.8 Å². The molecule has 0 saturated carbocycles. The Labute approximate surface area is 99.8 Å². The summed E-state index contributed by atoms with van der Waals surface area (Å²) in [5, 5.41) is 3.41. The van der Waals surface area contributed by atoms with Crippen molar-refractivity contribution in [2.45, 2.75) is 6.55 Å². The molecule has 1 aromatic heterocycles. The fourth-order valence-electron chi connectivity index (χ4n) is 1.59. The molecule has 0 aliphatic rings. The lowest BCUT2D eigenvalue weighted by Gasteiger charge is -2.07. The monoisotopic (exact) mass is 255 g/mol. The van der Waals surface area contributed by atoms with Crippen LogP contribution in [0.15, 0.2) is 30.5 Å². The minimum absolute atomic E-state index is 0.127. The van der Waals surface area contributed by atoms with Gasteiger partial charge in [0.2, 0.25) is 0 Å². The van der Waals surface area contributed by atoms with Crippen LogP contribution in [0.2, 0.25) is 0 Å². The van der Waals surface area contributed by atoms with Gasteiger partial charge in [-0.3, -0.25) is 4.79 Å². The first-order valence-electron chi connectivity index (χ1n) is 4.92. The Morgan fingerprint density at radius 1 is 1.28 bits per heavy atom. The number of primary amides is 1. The average molecular weight is 255 g/mol. The fraction of sp³-hybridized carbons (Fsp3) is 0.0909. The van der Waals surface area contributed by atoms with Gasteiger partial charge in [-0.05, 0) is 24.3 Å². The summed E-state index contributed by atoms with van der Waals surface area (Å²) in [4.78, 5) is 11.1. The molecule has 0 unspecified atom stereocenters. The second kappa shape index (κ2) is 4.52. The topological polar surface area (TPSA) is 60.9 Å². The Kier molecular flexibility index (Phi) is 3.05. The maximum atomic E-state index is 12.8. The standard InChI is InChI=1S/C11H8F3N3O/c12-7-3-1-6(2-4-7)9-8(10(15)18)5-16-17(9)11(13)14/h1-5,11H,(H2,15,18). The number of nitrogens with two attached hydrogens (primary N) is 1. The Bertz CT molecular complexity index is 578. The van der Waals surface area contributed by atoms with Crippen molar-refractivity contribution in [3.05, 3.63) is 41.8 Å². The summed E-state index contributed by atoms with van der Waals surface area (Å²) in [7, 11) is 0. The van der Waals surface area contributed by atoms with Gasteiger partial charge in [0.1, 0.15) is 5.82 Å². The summed E-state index contributed by atoms with van der Waals surface area (Å²) in [6.07, 6.45) is 0.965. The molecule has 18 heavy (non-hydrogen) atoms. The summed E-state index contributed by atoms with van der Waals surface area (Å²) < 4.78 is 38.6. The van der Waals surface area contributed by atoms with E-state index in [1.807, 2.05) is 0 Å². The van der Waals surface area contributed by atoms with E-state index >= 15 is 0 Å². The van der Waals surface area contributed by atoms with Crippen LogP contribution in [0.25, 0.3) is 11.3 Å². The highest BCUT2D eigenvalue weighted by Crippen LogP contribution is 2.27. The van der Waals surface area contributed by atoms with Gasteiger partial charge in [-0.2, -0.15) is 13.9 Å². The average Bonchev–Trinajstić information content (AvgIpc) is 2.74. The molecule has 2 N–H and O–H groups in total. The number of aromatic nitrogens is 2. The van der Waals surface area contributed by atoms with Crippen LogP contribution in [0.4, 0.5) is 13.2 Å². The minimum atomic E-state index is -2.92. The number of carbonyl (C=O) groups excluding carboxylic acids is 1. The zero-order chi connectivity index (χ0) is 13.3. The van der Waals surface area contributed by atoms with Crippen molar-refractivity contribution < 1.29 is 18.0 Å². The third-order valence-electron chi connectivity index (χ3n) is 2.36. The smallest absolute Gasteiger partial charge is 0.333 e. The van der Waals surface area contributed by atoms with E-state index in [1.165, 1.54) is 12.1 Å². The lowest BCUT2D eigenvalue weighted by Crippen LogP contribution is -2.12. The molecular formula is C11H8F3N3O. The normalized spacial score (nSPS) is 10.9. The molecule has 7 heteroatoms. The van der Waals surface area contributed by atoms with Crippen LogP contribution in [-0.2, 0) is 0 Å². The van der Waals surface area contributed by atoms with Gasteiger partial charge in [-0.25, -0.2) is 9.07 Å². The number of carbonyl (C=O) groups is 1. The zero-order valence-corrected chi connectivity index (χ0v) is 8.98. The summed E-state index contributed by atoms with van der Waals surface area (Å²) in [6.45, 7) is -2.92. The van der Waals surface area contributed by atoms with Gasteiger partial charge in [0, 0.05) is 5.56 Å². The number of amides is 1. The predicted molar refractivity (Wildman–Crippen MR) is 57.4 cm³/mol. The largest absolute Gasteiger partial charge is 0.365 e. The number of alkyl halides is 2. The van der Waals surface area contributed by atoms with Crippen LogP contribution in [0, 0.1) is 5.82 Å². The fourth-order valence-corrected chi connectivity index (χ4v) is 1.59. The second-order valence-electron chi connectivity index (χ2n) is 3.50. The third-order valence-corrected chi connectivity index (χ3v) is 2.36. The highest BCUT2D eigenvalue weighted by Gasteiger charge is 2.21. The number of nitrogens with zero attached hydrogens (tertiary/aromatic N) is 2. The van der Waals surface area contributed by atoms with Gasteiger partial charge < -0.3 is 5.73 Å². The molecule has 0 aliphatic heterocycles. The molecule has 0 spiro atoms. The van der Waals surface area contributed by atoms with Crippen molar-refractivity contribution in [1.29, 1.82) is 0 Å². The third kappa shape index (κ3) is 2.06. The Morgan fingerprint density at radius 2 is 1.89 bits per heavy atom. The van der Waals surface area contributed by atoms with Crippen LogP contribution < -0.4 is 5.73 Å². The van der Waals surface area contributed by atoms with Crippen LogP contribution in [0.5, 0.6) is 0 Å². The molecule has 0 aliphatic carbocycles. The van der Waals surface area contributed by atoms with Crippen molar-refractivity contribution in [1.82, 2.24) is 9.78 Å². The summed E-state index contributed by atoms with van der Waals surface area (Å²) in [5.74, 6) is -1.39. The molecule has 1 aromatic carbocycles. The predicted octanol–water partition coefficient (Wildman–Crippen LogP) is 2.18. The molecule has 1 heterocycles. The summed E-state index contributed by atoms with van der Waals surface area (Å²) in [6, 6.07) is 4.75. The molecule has 0 atom stereocenters. The lowest BCUT2D eigenvalue weighted by molar-refractivity contribution is 0.0585. The lowest BCUT2D eigenvalue weighted by atomic mass is 10.1. The van der Waals surface area contributed by atoms with Crippen molar-refractivity contribution in [3.8, 4) is 11.3 Å². The molecule has 0 radical (unpaired) electrons. The Balaban J connectivity index is 2.63. The summed E-state index contributed by atoms with van der Waals surface area (Å²) in [5.41, 5.74) is 5.06. The molecule has 0 saturated heterocycles. The van der Waals surface area contributed by atoms with Crippen LogP contribution in [0.3, 0.4) is 0 Å². The molecule has 2 rings (SSSR count). The quantitative estimate of drug-likeness (QED) is 0.913. The minimum Gasteiger partial charge on any atom is -0.365 e. The van der Waals surface area contributed by atoms with E-state index in [0.29, 0.717) is 4.68 Å². The highest BCUT2D eigenvalue weighted by molar-refractivity contribution is 5.98. The van der Waals surface area contributed by atoms with Gasteiger partial charge in [-0.1, -0.05) is 0 Å². The highest BCUT2D eigenvalue weighted by atomic mass is 19.3. The first-order chi connectivity index (χ1) is 8.50. The number of hydrogen-bond acceptors (Lipinski definition) is 2. The van der Waals surface area contributed by atoms with E-state index in [4.69, 9.17) is 5.73 Å². The van der Waals surface area contributed by atoms with E-state index in [1.54, 1.807) is 0 Å². The van der Waals surface area contributed by atoms with Crippen molar-refractivity contribution in [2.75, 3.05) is 0 Å². The molecule has 0 fully saturated rings. The van der Waals surface area contributed by atoms with Gasteiger partial charge in [-0.15, -0.1) is 0 Å². The SMILES string of the molecule is NC(=O)c1cnn(C(F)F)c1-c1ccc(F)cc1. The van der Waals surface area contributed by atoms with Gasteiger partial charge in [0.05, 0.1) is 17.5 Å². The van der Waals surface area contributed by atoms with E-state index < -0.39 is 18.3 Å². The first kappa shape index (κ1) is 12.2. The van der Waals surface area contributed by atoms with Crippen molar-refractivity contribution in [3.63, 3.8) is 0 Å². The van der Waals surface area contributed by atoms with Crippen LogP contribution >= 0.6 is 0 Å². The van der Waals surface area contributed by atoms with Gasteiger partial charge >= 0.3 is 6.55 Å². The molecular weight excluding hydrogens is 247 g/mol. The van der Waals surface area contributed by atoms with E-state index in [9.17, 15) is 18.0 Å². The van der Waals surface area contributed by atoms with Gasteiger partial charge in [0.15, 0.2) is 0 Å². The number of rotatable bonds is 3. The number of hydrogen-bond donors (Lipinski definition) is 1. The molecule has 1 amide bonds. The molecule has 94 valence electrons. The Hall–Kier alpha value is -2.31. The maximum Gasteiger partial charge on any atom is 0.333 e. The number of halogens is 3. The second-order valence-corrected chi connectivity index (χ2v) is 3.50. The van der Waals surface area contributed by atoms with Crippen molar-refractivity contribution in [2.24, 2.45) is 5.73 Å². The van der Waals surface area contributed by atoms with Crippen LogP contribution in [-0.4, -0.2) is 15.7 Å². The van der Waals surface area contributed by atoms with Crippen LogP contribution in [0.1, 0.15) is 16.9 Å². The Morgan fingerprint density at radius 3 is 2.39 bits per heavy atom. The van der Waals surface area contributed by atoms with Crippen molar-refractivity contribution >= 4 is 5.91 Å².